The molecule has 1 amide bonds. The van der Waals surface area contributed by atoms with Crippen LogP contribution in [0.3, 0.4) is 0 Å². The van der Waals surface area contributed by atoms with Crippen molar-refractivity contribution in [3.05, 3.63) is 42.3 Å². The topological polar surface area (TPSA) is 126 Å². The number of carbonyl (C=O) groups is 1. The summed E-state index contributed by atoms with van der Waals surface area (Å²) >= 11 is 0. The van der Waals surface area contributed by atoms with Crippen LogP contribution in [0.15, 0.2) is 41.1 Å². The molecule has 2 aliphatic rings. The standard InChI is InChI=1S/C21H22N6O4/c1-27-9-7-21(29,19(27)28)18-11-17(26-31-18)15-4-2-3-14(24-15)16-5-8-22-20(25-16)23-13-6-10-30-12-13/h2-5,8,11,13,29H,6-7,9-10,12H2,1H3,(H,22,23,25). The number of aromatic nitrogens is 4. The van der Waals surface area contributed by atoms with Crippen LogP contribution < -0.4 is 5.32 Å². The Morgan fingerprint density at radius 3 is 2.74 bits per heavy atom. The number of amides is 1. The van der Waals surface area contributed by atoms with Gasteiger partial charge < -0.3 is 24.6 Å². The van der Waals surface area contributed by atoms with E-state index in [0.717, 1.165) is 13.0 Å². The summed E-state index contributed by atoms with van der Waals surface area (Å²) in [6.07, 6.45) is 2.86. The smallest absolute Gasteiger partial charge is 0.262 e. The lowest BCUT2D eigenvalue weighted by molar-refractivity contribution is -0.144. The quantitative estimate of drug-likeness (QED) is 0.628. The number of nitrogens with zero attached hydrogens (tertiary/aromatic N) is 5. The molecule has 0 saturated carbocycles. The van der Waals surface area contributed by atoms with Crippen LogP contribution in [0.5, 0.6) is 0 Å². The first-order valence-corrected chi connectivity index (χ1v) is 10.1. The normalized spacial score (nSPS) is 23.5. The highest BCUT2D eigenvalue weighted by molar-refractivity contribution is 5.87. The number of rotatable bonds is 5. The Labute approximate surface area is 178 Å². The van der Waals surface area contributed by atoms with E-state index in [-0.39, 0.29) is 18.2 Å². The van der Waals surface area contributed by atoms with E-state index in [4.69, 9.17) is 9.26 Å². The number of anilines is 1. The number of ether oxygens (including phenoxy) is 1. The zero-order chi connectivity index (χ0) is 21.4. The lowest BCUT2D eigenvalue weighted by atomic mass is 9.98. The average Bonchev–Trinajstić information content (AvgIpc) is 3.54. The van der Waals surface area contributed by atoms with Gasteiger partial charge in [-0.15, -0.1) is 0 Å². The first-order valence-electron chi connectivity index (χ1n) is 10.1. The van der Waals surface area contributed by atoms with Gasteiger partial charge in [-0.2, -0.15) is 0 Å². The third-order valence-corrected chi connectivity index (χ3v) is 5.62. The van der Waals surface area contributed by atoms with E-state index in [1.54, 1.807) is 31.4 Å². The Hall–Kier alpha value is -3.37. The Bertz CT molecular complexity index is 1110. The molecule has 160 valence electrons. The molecule has 2 aliphatic heterocycles. The fourth-order valence-electron chi connectivity index (χ4n) is 3.79. The van der Waals surface area contributed by atoms with Crippen LogP contribution in [-0.4, -0.2) is 68.9 Å². The molecule has 3 aromatic heterocycles. The van der Waals surface area contributed by atoms with Gasteiger partial charge >= 0.3 is 0 Å². The Kier molecular flexibility index (Phi) is 4.87. The second kappa shape index (κ2) is 7.71. The zero-order valence-corrected chi connectivity index (χ0v) is 17.0. The molecular formula is C21H22N6O4. The number of likely N-dealkylation sites (N-methyl/N-ethyl adjacent to an activating group) is 1. The van der Waals surface area contributed by atoms with Crippen molar-refractivity contribution in [2.24, 2.45) is 0 Å². The molecule has 3 aromatic rings. The third kappa shape index (κ3) is 3.64. The van der Waals surface area contributed by atoms with Gasteiger partial charge in [-0.1, -0.05) is 11.2 Å². The highest BCUT2D eigenvalue weighted by Crippen LogP contribution is 2.34. The van der Waals surface area contributed by atoms with Gasteiger partial charge in [-0.05, 0) is 24.6 Å². The van der Waals surface area contributed by atoms with Crippen LogP contribution in [0, 0.1) is 0 Å². The maximum Gasteiger partial charge on any atom is 0.262 e. The van der Waals surface area contributed by atoms with Crippen molar-refractivity contribution in [1.29, 1.82) is 0 Å². The van der Waals surface area contributed by atoms with Crippen molar-refractivity contribution in [1.82, 2.24) is 25.0 Å². The summed E-state index contributed by atoms with van der Waals surface area (Å²) in [5.74, 6) is 0.247. The second-order valence-electron chi connectivity index (χ2n) is 7.79. The number of nitrogens with one attached hydrogen (secondary N) is 1. The van der Waals surface area contributed by atoms with Crippen molar-refractivity contribution < 1.29 is 19.2 Å². The number of aliphatic hydroxyl groups is 1. The minimum Gasteiger partial charge on any atom is -0.379 e. The Morgan fingerprint density at radius 2 is 2.00 bits per heavy atom. The summed E-state index contributed by atoms with van der Waals surface area (Å²) in [7, 11) is 1.65. The largest absolute Gasteiger partial charge is 0.379 e. The molecule has 0 radical (unpaired) electrons. The van der Waals surface area contributed by atoms with E-state index in [1.807, 2.05) is 12.1 Å². The maximum atomic E-state index is 12.3. The molecule has 2 fully saturated rings. The SMILES string of the molecule is CN1CCC(O)(c2cc(-c3cccc(-c4ccnc(NC5CCOC5)n4)n3)no2)C1=O. The van der Waals surface area contributed by atoms with Gasteiger partial charge in [0.15, 0.2) is 5.76 Å². The van der Waals surface area contributed by atoms with Gasteiger partial charge in [0.25, 0.3) is 5.91 Å². The molecule has 0 aliphatic carbocycles. The van der Waals surface area contributed by atoms with E-state index < -0.39 is 11.5 Å². The molecule has 5 heterocycles. The number of likely N-dealkylation sites (tertiary alicyclic amines) is 1. The monoisotopic (exact) mass is 422 g/mol. The van der Waals surface area contributed by atoms with Crippen molar-refractivity contribution in [3.8, 4) is 22.8 Å². The summed E-state index contributed by atoms with van der Waals surface area (Å²) in [6.45, 7) is 1.83. The Morgan fingerprint density at radius 1 is 1.19 bits per heavy atom. The summed E-state index contributed by atoms with van der Waals surface area (Å²) in [5, 5.41) is 18.1. The van der Waals surface area contributed by atoms with Crippen molar-refractivity contribution in [3.63, 3.8) is 0 Å². The van der Waals surface area contributed by atoms with Gasteiger partial charge in [0.1, 0.15) is 5.69 Å². The predicted molar refractivity (Wildman–Crippen MR) is 110 cm³/mol. The summed E-state index contributed by atoms with van der Waals surface area (Å²) in [4.78, 5) is 27.3. The van der Waals surface area contributed by atoms with Gasteiger partial charge in [0.2, 0.25) is 11.5 Å². The second-order valence-corrected chi connectivity index (χ2v) is 7.79. The van der Waals surface area contributed by atoms with E-state index in [1.165, 1.54) is 4.90 Å². The minimum absolute atomic E-state index is 0.122. The van der Waals surface area contributed by atoms with Crippen LogP contribution in [-0.2, 0) is 15.1 Å². The molecule has 0 aromatic carbocycles. The van der Waals surface area contributed by atoms with E-state index in [2.05, 4.69) is 25.4 Å². The van der Waals surface area contributed by atoms with Gasteiger partial charge in [-0.3, -0.25) is 4.79 Å². The lowest BCUT2D eigenvalue weighted by Crippen LogP contribution is -2.35. The fraction of sp³-hybridized carbons (Fsp3) is 0.381. The third-order valence-electron chi connectivity index (χ3n) is 5.62. The summed E-state index contributed by atoms with van der Waals surface area (Å²) in [5.41, 5.74) is 0.600. The Balaban J connectivity index is 1.40. The number of pyridine rings is 1. The van der Waals surface area contributed by atoms with Gasteiger partial charge in [-0.25, -0.2) is 15.0 Å². The molecular weight excluding hydrogens is 400 g/mol. The fourth-order valence-corrected chi connectivity index (χ4v) is 3.79. The average molecular weight is 422 g/mol. The van der Waals surface area contributed by atoms with Crippen LogP contribution in [0.2, 0.25) is 0 Å². The first kappa shape index (κ1) is 19.6. The van der Waals surface area contributed by atoms with Crippen LogP contribution >= 0.6 is 0 Å². The van der Waals surface area contributed by atoms with Crippen molar-refractivity contribution in [2.45, 2.75) is 24.5 Å². The predicted octanol–water partition coefficient (Wildman–Crippen LogP) is 1.44. The molecule has 2 atom stereocenters. The molecule has 0 bridgehead atoms. The summed E-state index contributed by atoms with van der Waals surface area (Å²) in [6, 6.07) is 9.02. The highest BCUT2D eigenvalue weighted by atomic mass is 16.5. The van der Waals surface area contributed by atoms with E-state index >= 15 is 0 Å². The molecule has 10 nitrogen and oxygen atoms in total. The molecule has 2 saturated heterocycles. The molecule has 10 heteroatoms. The van der Waals surface area contributed by atoms with Crippen LogP contribution in [0.1, 0.15) is 18.6 Å². The molecule has 2 unspecified atom stereocenters. The molecule has 0 spiro atoms. The number of hydrogen-bond donors (Lipinski definition) is 2. The molecule has 2 N–H and O–H groups in total. The number of carbonyl (C=O) groups excluding carboxylic acids is 1. The number of hydrogen-bond acceptors (Lipinski definition) is 9. The highest BCUT2D eigenvalue weighted by Gasteiger charge is 2.48. The van der Waals surface area contributed by atoms with Crippen LogP contribution in [0.4, 0.5) is 5.95 Å². The van der Waals surface area contributed by atoms with E-state index in [0.29, 0.717) is 41.9 Å². The maximum absolute atomic E-state index is 12.3. The van der Waals surface area contributed by atoms with E-state index in [9.17, 15) is 9.90 Å². The van der Waals surface area contributed by atoms with Crippen LogP contribution in [0.25, 0.3) is 22.8 Å². The van der Waals surface area contributed by atoms with Crippen molar-refractivity contribution in [2.75, 3.05) is 32.1 Å². The molecule has 31 heavy (non-hydrogen) atoms. The summed E-state index contributed by atoms with van der Waals surface area (Å²) < 4.78 is 10.7. The zero-order valence-electron chi connectivity index (χ0n) is 17.0. The minimum atomic E-state index is -1.69. The van der Waals surface area contributed by atoms with Crippen molar-refractivity contribution >= 4 is 11.9 Å². The van der Waals surface area contributed by atoms with Gasteiger partial charge in [0.05, 0.1) is 29.7 Å². The molecule has 5 rings (SSSR count). The first-order chi connectivity index (χ1) is 15.0. The lowest BCUT2D eigenvalue weighted by Gasteiger charge is -2.16. The van der Waals surface area contributed by atoms with Gasteiger partial charge in [0, 0.05) is 38.9 Å².